The predicted molar refractivity (Wildman–Crippen MR) is 375 cm³/mol. The van der Waals surface area contributed by atoms with E-state index >= 15 is 0 Å². The van der Waals surface area contributed by atoms with Crippen molar-refractivity contribution < 1.29 is 75.4 Å². The van der Waals surface area contributed by atoms with Crippen LogP contribution in [0, 0.1) is 20.0 Å². The second-order valence-electron chi connectivity index (χ2n) is 19.3. The maximum Gasteiger partial charge on any atom is 2.00 e. The molecular weight excluding hydrogens is 1230 g/mol. The van der Waals surface area contributed by atoms with E-state index in [9.17, 15) is 9.13 Å². The molecule has 15 heteroatoms. The van der Waals surface area contributed by atoms with Crippen molar-refractivity contribution in [2.75, 3.05) is 27.4 Å². The van der Waals surface area contributed by atoms with Crippen molar-refractivity contribution in [2.45, 2.75) is 162 Å². The molecule has 0 aromatic heterocycles. The van der Waals surface area contributed by atoms with E-state index in [2.05, 4.69) is 88.2 Å². The minimum Gasteiger partial charge on any atom is -1.00 e. The largest absolute Gasteiger partial charge is 2.00 e. The summed E-state index contributed by atoms with van der Waals surface area (Å²) < 4.78 is 36.8. The number of unbranched alkanes of at least 4 members (excludes halogenated alkanes) is 7. The van der Waals surface area contributed by atoms with Gasteiger partial charge in [0.25, 0.3) is 0 Å². The van der Waals surface area contributed by atoms with Gasteiger partial charge in [-0.15, -0.1) is 16.1 Å². The molecule has 1 atom stereocenters. The van der Waals surface area contributed by atoms with E-state index < -0.39 is 30.7 Å². The van der Waals surface area contributed by atoms with Crippen molar-refractivity contribution in [3.63, 3.8) is 0 Å². The molecule has 0 saturated heterocycles. The molecule has 460 valence electrons. The molecule has 6 aromatic carbocycles. The Hall–Kier alpha value is -1.97. The van der Waals surface area contributed by atoms with Gasteiger partial charge in [0.1, 0.15) is 0 Å². The van der Waals surface area contributed by atoms with E-state index in [1.54, 1.807) is 6.21 Å². The van der Waals surface area contributed by atoms with Gasteiger partial charge >= 0.3 is 42.5 Å². The Bertz CT molecular complexity index is 2190. The standard InChI is InChI=1S/C20H20NOP.C19H16NOP.C10H21.C4H10O.2C4H11Si.2CH4O.5CH4.ClH.Mg.2Zn/c1-17(18-11-5-2-6-12-18)21-23(22,19-13-7-3-8-14-19)20-15-9-4-10-16-20;21-22(18-12-6-2-7-13-18,19-14-8-3-9-15-19)20-16-17-10-4-1-5-11-17;1-3-5-7-9-10-8-6-4-2;1-3-5-4-2;2*1-5(2,3)4;2*1-2;;;;;;;;;/h2-17H,1H3,(H,21,22);1-16H;1,3-10H2,2H3;3-4H2,1-2H3;2*1H2,2-4H3;2*2H,1H3;5*1H4;1H;;;/q;;-1;;2*-1;;;;;;;;;+2;;+2/p-1/t17-;;;;;;;;;;;;;;;;/m0................/s1. The quantitative estimate of drug-likeness (QED) is 0.0260. The fourth-order valence-electron chi connectivity index (χ4n) is 6.23. The molecule has 0 spiro atoms. The maximum absolute atomic E-state index is 13.9. The Labute approximate surface area is 563 Å². The minimum absolute atomic E-state index is 0. The molecule has 0 radical (unpaired) electrons. The molecule has 0 aliphatic carbocycles. The molecule has 0 saturated carbocycles. The van der Waals surface area contributed by atoms with Crippen molar-refractivity contribution in [1.82, 2.24) is 5.09 Å². The molecular formula is C68H117ClMgN2O5P2Si2Zn2. The summed E-state index contributed by atoms with van der Waals surface area (Å²) >= 11 is 0. The second-order valence-corrected chi connectivity index (χ2v) is 34.5. The van der Waals surface area contributed by atoms with Gasteiger partial charge in [-0.2, -0.15) is 6.42 Å². The summed E-state index contributed by atoms with van der Waals surface area (Å²) in [5.41, 5.74) is 2.06. The van der Waals surface area contributed by atoms with Gasteiger partial charge in [0.15, 0.2) is 0 Å². The summed E-state index contributed by atoms with van der Waals surface area (Å²) in [5, 5.41) is 20.5. The molecule has 0 amide bonds. The van der Waals surface area contributed by atoms with Crippen LogP contribution in [0.2, 0.25) is 39.3 Å². The van der Waals surface area contributed by atoms with E-state index in [0.29, 0.717) is 0 Å². The molecule has 0 aliphatic rings. The third-order valence-corrected chi connectivity index (χ3v) is 14.8. The second kappa shape index (κ2) is 66.0. The molecule has 0 aliphatic heterocycles. The van der Waals surface area contributed by atoms with Crippen LogP contribution in [0.15, 0.2) is 187 Å². The van der Waals surface area contributed by atoms with Crippen molar-refractivity contribution in [3.8, 4) is 0 Å². The van der Waals surface area contributed by atoms with Crippen LogP contribution in [-0.2, 0) is 52.8 Å². The fraction of sp³-hybridized carbons (Fsp3) is 0.412. The van der Waals surface area contributed by atoms with Gasteiger partial charge in [0.05, 0.1) is 0 Å². The van der Waals surface area contributed by atoms with Crippen LogP contribution in [0.5, 0.6) is 0 Å². The van der Waals surface area contributed by atoms with Gasteiger partial charge in [-0.05, 0) is 80.4 Å². The van der Waals surface area contributed by atoms with Crippen molar-refractivity contribution in [3.05, 3.63) is 213 Å². The summed E-state index contributed by atoms with van der Waals surface area (Å²) in [6, 6.07) is 58.0. The van der Waals surface area contributed by atoms with Crippen LogP contribution in [0.3, 0.4) is 0 Å². The van der Waals surface area contributed by atoms with E-state index in [1.807, 2.05) is 191 Å². The van der Waals surface area contributed by atoms with Crippen LogP contribution in [0.4, 0.5) is 0 Å². The topological polar surface area (TPSA) is 108 Å². The first-order valence-electron chi connectivity index (χ1n) is 26.1. The molecule has 0 fully saturated rings. The summed E-state index contributed by atoms with van der Waals surface area (Å²) in [6.45, 7) is 34.9. The molecule has 0 unspecified atom stereocenters. The number of rotatable bonds is 18. The van der Waals surface area contributed by atoms with E-state index in [1.165, 1.54) is 44.9 Å². The zero-order valence-corrected chi connectivity index (χ0v) is 62.0. The molecule has 0 bridgehead atoms. The number of hydrogen-bond acceptors (Lipinski definition) is 5. The van der Waals surface area contributed by atoms with Gasteiger partial charge < -0.3 is 47.4 Å². The van der Waals surface area contributed by atoms with Gasteiger partial charge in [0.2, 0.25) is 14.6 Å². The normalized spacial score (nSPS) is 9.94. The zero-order chi connectivity index (χ0) is 56.2. The maximum atomic E-state index is 13.9. The Morgan fingerprint density at radius 1 is 0.518 bits per heavy atom. The zero-order valence-electron chi connectivity index (χ0n) is 50.1. The molecule has 83 heavy (non-hydrogen) atoms. The fourth-order valence-corrected chi connectivity index (χ4v) is 10.7. The average molecular weight is 1350 g/mol. The summed E-state index contributed by atoms with van der Waals surface area (Å²) in [4.78, 5) is 0. The van der Waals surface area contributed by atoms with Gasteiger partial charge in [-0.3, -0.25) is 14.2 Å². The third-order valence-electron chi connectivity index (χ3n) is 9.56. The van der Waals surface area contributed by atoms with Crippen molar-refractivity contribution in [1.29, 1.82) is 0 Å². The average Bonchev–Trinajstić information content (AvgIpc) is 3.41. The molecule has 6 rings (SSSR count). The van der Waals surface area contributed by atoms with E-state index in [-0.39, 0.29) is 118 Å². The number of halogens is 1. The third kappa shape index (κ3) is 55.1. The molecule has 3 N–H and O–H groups in total. The van der Waals surface area contributed by atoms with E-state index in [4.69, 9.17) is 14.9 Å². The SMILES string of the molecule is C.C.C.C.C.CCOCC.CO.CO.C[C@H](NP(=O)(c1ccccc1)c1ccccc1)c1ccccc1.O=P(N=Cc1ccccc1)(c1ccccc1)c1ccccc1.[CH2-]CCCCCCCCC.[CH2-][Si](C)(C)C.[CH2-][Si](C)(C)C.[Cl-].[Mg+2].[Zn+2].[Zn]. The van der Waals surface area contributed by atoms with Gasteiger partial charge in [-0.25, -0.2) is 4.76 Å². The molecule has 7 nitrogen and oxygen atoms in total. The predicted octanol–water partition coefficient (Wildman–Crippen LogP) is 15.7. The van der Waals surface area contributed by atoms with E-state index in [0.717, 1.165) is 66.2 Å². The minimum atomic E-state index is -3.02. The van der Waals surface area contributed by atoms with Crippen LogP contribution in [0.1, 0.15) is 133 Å². The van der Waals surface area contributed by atoms with Crippen LogP contribution in [0.25, 0.3) is 0 Å². The number of aliphatic hydroxyl groups excluding tert-OH is 2. The van der Waals surface area contributed by atoms with Gasteiger partial charge in [0, 0.05) is 80.4 Å². The molecule has 0 heterocycles. The van der Waals surface area contributed by atoms with Crippen LogP contribution < -0.4 is 38.7 Å². The van der Waals surface area contributed by atoms with Crippen molar-refractivity contribution >= 4 is 81.2 Å². The summed E-state index contributed by atoms with van der Waals surface area (Å²) in [5.74, 6) is 0. The smallest absolute Gasteiger partial charge is 1.00 e. The Balaban J connectivity index is -0.0000000890. The number of ether oxygens (including phenoxy) is 1. The van der Waals surface area contributed by atoms with Crippen LogP contribution >= 0.6 is 14.6 Å². The monoisotopic (exact) mass is 1350 g/mol. The Morgan fingerprint density at radius 2 is 0.783 bits per heavy atom. The molecule has 6 aromatic rings. The van der Waals surface area contributed by atoms with Crippen LogP contribution in [-0.4, -0.2) is 83.1 Å². The van der Waals surface area contributed by atoms with Crippen molar-refractivity contribution in [2.24, 2.45) is 4.76 Å². The number of hydrogen-bond donors (Lipinski definition) is 3. The first-order valence-corrected chi connectivity index (χ1v) is 36.9. The first kappa shape index (κ1) is 106. The van der Waals surface area contributed by atoms with Gasteiger partial charge in [-0.1, -0.05) is 262 Å². The number of nitrogens with one attached hydrogen (secondary N) is 1. The first-order chi connectivity index (χ1) is 35.3. The number of nitrogens with zero attached hydrogens (tertiary/aromatic N) is 1. The number of benzene rings is 6. The summed E-state index contributed by atoms with van der Waals surface area (Å²) in [6.07, 6.45) is 12.6. The Kier molecular flexibility index (Phi) is 84.1. The summed E-state index contributed by atoms with van der Waals surface area (Å²) in [7, 11) is -5.64. The number of aliphatic hydroxyl groups is 2. The Morgan fingerprint density at radius 3 is 1.06 bits per heavy atom.